The Morgan fingerprint density at radius 1 is 1.11 bits per heavy atom. The number of nitriles is 1. The maximum absolute atomic E-state index is 9.13. The molecule has 98 valence electrons. The summed E-state index contributed by atoms with van der Waals surface area (Å²) in [5.41, 5.74) is 1.97. The van der Waals surface area contributed by atoms with Gasteiger partial charge in [0.25, 0.3) is 0 Å². The first-order chi connectivity index (χ1) is 9.17. The van der Waals surface area contributed by atoms with Gasteiger partial charge in [0.1, 0.15) is 17.6 Å². The molecule has 0 spiro atoms. The monoisotopic (exact) mass is 253 g/mol. The summed E-state index contributed by atoms with van der Waals surface area (Å²) < 4.78 is 0. The van der Waals surface area contributed by atoms with Crippen LogP contribution >= 0.6 is 0 Å². The van der Waals surface area contributed by atoms with Crippen LogP contribution in [0, 0.1) is 36.0 Å². The highest BCUT2D eigenvalue weighted by Crippen LogP contribution is 2.60. The fourth-order valence-electron chi connectivity index (χ4n) is 5.32. The van der Waals surface area contributed by atoms with E-state index >= 15 is 0 Å². The predicted octanol–water partition coefficient (Wildman–Crippen LogP) is 3.12. The van der Waals surface area contributed by atoms with E-state index in [9.17, 15) is 0 Å². The zero-order valence-electron chi connectivity index (χ0n) is 11.4. The van der Waals surface area contributed by atoms with E-state index < -0.39 is 0 Å². The molecule has 5 rings (SSSR count). The van der Waals surface area contributed by atoms with Gasteiger partial charge in [-0.05, 0) is 69.3 Å². The van der Waals surface area contributed by atoms with Gasteiger partial charge >= 0.3 is 0 Å². The van der Waals surface area contributed by atoms with Crippen LogP contribution in [0.25, 0.3) is 0 Å². The minimum absolute atomic E-state index is 0.272. The van der Waals surface area contributed by atoms with Crippen molar-refractivity contribution in [1.82, 2.24) is 9.97 Å². The molecule has 0 N–H and O–H groups in total. The van der Waals surface area contributed by atoms with Crippen molar-refractivity contribution < 1.29 is 0 Å². The quantitative estimate of drug-likeness (QED) is 0.772. The number of aromatic nitrogens is 2. The van der Waals surface area contributed by atoms with Crippen molar-refractivity contribution in [3.8, 4) is 6.07 Å². The molecule has 4 aliphatic rings. The summed E-state index contributed by atoms with van der Waals surface area (Å²) in [5.74, 6) is 3.48. The van der Waals surface area contributed by atoms with Gasteiger partial charge in [0.15, 0.2) is 0 Å². The lowest BCUT2D eigenvalue weighted by molar-refractivity contribution is -0.00734. The van der Waals surface area contributed by atoms with E-state index in [2.05, 4.69) is 11.1 Å². The second-order valence-corrected chi connectivity index (χ2v) is 7.00. The number of nitrogens with zero attached hydrogens (tertiary/aromatic N) is 3. The molecule has 1 aromatic rings. The fourth-order valence-corrected chi connectivity index (χ4v) is 5.32. The van der Waals surface area contributed by atoms with Gasteiger partial charge in [-0.15, -0.1) is 0 Å². The van der Waals surface area contributed by atoms with Gasteiger partial charge in [-0.25, -0.2) is 9.97 Å². The number of rotatable bonds is 1. The highest BCUT2D eigenvalue weighted by molar-refractivity contribution is 5.30. The Hall–Kier alpha value is -1.43. The van der Waals surface area contributed by atoms with Crippen molar-refractivity contribution in [1.29, 1.82) is 5.26 Å². The Balaban J connectivity index is 1.79. The lowest BCUT2D eigenvalue weighted by Gasteiger charge is -2.56. The molecule has 0 aliphatic heterocycles. The predicted molar refractivity (Wildman–Crippen MR) is 71.3 cm³/mol. The van der Waals surface area contributed by atoms with Gasteiger partial charge in [-0.1, -0.05) is 0 Å². The smallest absolute Gasteiger partial charge is 0.144 e. The Kier molecular flexibility index (Phi) is 2.27. The van der Waals surface area contributed by atoms with Crippen LogP contribution in [0.5, 0.6) is 0 Å². The minimum atomic E-state index is 0.272. The lowest BCUT2D eigenvalue weighted by atomic mass is 9.49. The fraction of sp³-hybridized carbons (Fsp3) is 0.688. The van der Waals surface area contributed by atoms with Gasteiger partial charge in [0.2, 0.25) is 0 Å². The minimum Gasteiger partial charge on any atom is -0.238 e. The van der Waals surface area contributed by atoms with E-state index in [1.54, 1.807) is 0 Å². The molecule has 3 nitrogen and oxygen atoms in total. The summed E-state index contributed by atoms with van der Waals surface area (Å²) in [6.45, 7) is 1.91. The maximum atomic E-state index is 9.13. The normalized spacial score (nSPS) is 39.3. The van der Waals surface area contributed by atoms with Crippen LogP contribution in [0.15, 0.2) is 6.07 Å². The first kappa shape index (κ1) is 11.4. The zero-order chi connectivity index (χ0) is 13.0. The summed E-state index contributed by atoms with van der Waals surface area (Å²) in [7, 11) is 0. The van der Waals surface area contributed by atoms with Crippen molar-refractivity contribution >= 4 is 0 Å². The number of hydrogen-bond acceptors (Lipinski definition) is 3. The molecule has 4 bridgehead atoms. The van der Waals surface area contributed by atoms with Crippen LogP contribution < -0.4 is 0 Å². The SMILES string of the molecule is Cc1nc(C#N)cc(C23CC4CC(CC(C4)C2)C3)n1. The topological polar surface area (TPSA) is 49.6 Å². The molecule has 0 aromatic carbocycles. The number of hydrogen-bond donors (Lipinski definition) is 0. The van der Waals surface area contributed by atoms with E-state index in [1.807, 2.05) is 13.0 Å². The van der Waals surface area contributed by atoms with Crippen molar-refractivity contribution in [2.45, 2.75) is 50.9 Å². The van der Waals surface area contributed by atoms with Crippen molar-refractivity contribution in [2.24, 2.45) is 17.8 Å². The molecule has 0 saturated heterocycles. The van der Waals surface area contributed by atoms with E-state index in [1.165, 1.54) is 38.5 Å². The van der Waals surface area contributed by atoms with Crippen LogP contribution in [0.1, 0.15) is 55.7 Å². The molecule has 0 radical (unpaired) electrons. The van der Waals surface area contributed by atoms with Crippen LogP contribution in [-0.2, 0) is 5.41 Å². The van der Waals surface area contributed by atoms with E-state index in [0.717, 1.165) is 29.3 Å². The summed E-state index contributed by atoms with van der Waals surface area (Å²) in [5, 5.41) is 9.13. The van der Waals surface area contributed by atoms with Crippen LogP contribution in [0.2, 0.25) is 0 Å². The average molecular weight is 253 g/mol. The van der Waals surface area contributed by atoms with Gasteiger partial charge in [0.05, 0.1) is 5.69 Å². The molecule has 1 aromatic heterocycles. The second-order valence-electron chi connectivity index (χ2n) is 7.00. The molecular weight excluding hydrogens is 234 g/mol. The summed E-state index contributed by atoms with van der Waals surface area (Å²) in [6, 6.07) is 4.15. The molecule has 0 atom stereocenters. The van der Waals surface area contributed by atoms with Crippen molar-refractivity contribution in [2.75, 3.05) is 0 Å². The molecule has 3 heteroatoms. The highest BCUT2D eigenvalue weighted by Gasteiger charge is 2.52. The third-order valence-corrected chi connectivity index (χ3v) is 5.53. The van der Waals surface area contributed by atoms with E-state index in [4.69, 9.17) is 10.2 Å². The zero-order valence-corrected chi connectivity index (χ0v) is 11.4. The van der Waals surface area contributed by atoms with Gasteiger partial charge in [-0.2, -0.15) is 5.26 Å². The molecular formula is C16H19N3. The first-order valence-electron chi connectivity index (χ1n) is 7.43. The second kappa shape index (κ2) is 3.79. The number of aryl methyl sites for hydroxylation is 1. The standard InChI is InChI=1S/C16H19N3/c1-10-18-14(9-17)5-15(19-10)16-6-11-2-12(7-16)4-13(3-11)8-16/h5,11-13H,2-4,6-8H2,1H3. The Labute approximate surface area is 114 Å². The highest BCUT2D eigenvalue weighted by atomic mass is 14.9. The molecule has 0 unspecified atom stereocenters. The third kappa shape index (κ3) is 1.69. The summed E-state index contributed by atoms with van der Waals surface area (Å²) in [4.78, 5) is 8.92. The van der Waals surface area contributed by atoms with Crippen molar-refractivity contribution in [3.05, 3.63) is 23.3 Å². The largest absolute Gasteiger partial charge is 0.238 e. The maximum Gasteiger partial charge on any atom is 0.144 e. The van der Waals surface area contributed by atoms with Crippen LogP contribution in [-0.4, -0.2) is 9.97 Å². The first-order valence-corrected chi connectivity index (χ1v) is 7.43. The van der Waals surface area contributed by atoms with Crippen LogP contribution in [0.4, 0.5) is 0 Å². The van der Waals surface area contributed by atoms with Crippen LogP contribution in [0.3, 0.4) is 0 Å². The average Bonchev–Trinajstić information content (AvgIpc) is 2.36. The van der Waals surface area contributed by atoms with Gasteiger partial charge < -0.3 is 0 Å². The van der Waals surface area contributed by atoms with E-state index in [0.29, 0.717) is 5.69 Å². The molecule has 19 heavy (non-hydrogen) atoms. The summed E-state index contributed by atoms with van der Waals surface area (Å²) in [6.07, 6.45) is 8.19. The van der Waals surface area contributed by atoms with Gasteiger partial charge in [0, 0.05) is 5.41 Å². The van der Waals surface area contributed by atoms with E-state index in [-0.39, 0.29) is 5.41 Å². The molecule has 4 saturated carbocycles. The third-order valence-electron chi connectivity index (χ3n) is 5.53. The summed E-state index contributed by atoms with van der Waals surface area (Å²) >= 11 is 0. The van der Waals surface area contributed by atoms with Gasteiger partial charge in [-0.3, -0.25) is 0 Å². The molecule has 0 amide bonds. The Morgan fingerprint density at radius 3 is 2.21 bits per heavy atom. The molecule has 1 heterocycles. The lowest BCUT2D eigenvalue weighted by Crippen LogP contribution is -2.49. The molecule has 4 aliphatic carbocycles. The molecule has 4 fully saturated rings. The van der Waals surface area contributed by atoms with Crippen molar-refractivity contribution in [3.63, 3.8) is 0 Å². The Bertz CT molecular complexity index is 535. The Morgan fingerprint density at radius 2 is 1.68 bits per heavy atom.